The van der Waals surface area contributed by atoms with Crippen molar-refractivity contribution in [2.45, 2.75) is 6.92 Å². The summed E-state index contributed by atoms with van der Waals surface area (Å²) in [5.74, 6) is -0.689. The summed E-state index contributed by atoms with van der Waals surface area (Å²) in [7, 11) is 0. The molecule has 0 aliphatic heterocycles. The van der Waals surface area contributed by atoms with Crippen molar-refractivity contribution in [1.82, 2.24) is 10.2 Å². The number of carbonyl (C=O) groups is 1. The molecule has 2 aromatic rings. The molecule has 0 fully saturated rings. The summed E-state index contributed by atoms with van der Waals surface area (Å²) in [4.78, 5) is 32.6. The van der Waals surface area contributed by atoms with Gasteiger partial charge in [0.15, 0.2) is 5.69 Å². The lowest BCUT2D eigenvalue weighted by atomic mass is 10.1. The maximum absolute atomic E-state index is 12.1. The van der Waals surface area contributed by atoms with Gasteiger partial charge in [-0.2, -0.15) is 5.10 Å². The molecule has 0 radical (unpaired) electrons. The van der Waals surface area contributed by atoms with Crippen LogP contribution in [-0.2, 0) is 0 Å². The molecule has 0 saturated heterocycles. The quantitative estimate of drug-likeness (QED) is 0.542. The van der Waals surface area contributed by atoms with E-state index in [0.717, 1.165) is 12.1 Å². The van der Waals surface area contributed by atoms with Gasteiger partial charge in [-0.25, -0.2) is 0 Å². The second kappa shape index (κ2) is 6.42. The number of hydrogen-bond donors (Lipinski definition) is 2. The van der Waals surface area contributed by atoms with Crippen molar-refractivity contribution >= 4 is 54.8 Å². The van der Waals surface area contributed by atoms with Crippen LogP contribution in [0.2, 0.25) is 0 Å². The summed E-state index contributed by atoms with van der Waals surface area (Å²) < 4.78 is 0.787. The maximum Gasteiger partial charge on any atom is 0.281 e. The lowest BCUT2D eigenvalue weighted by Crippen LogP contribution is -2.13. The van der Waals surface area contributed by atoms with Gasteiger partial charge >= 0.3 is 0 Å². The van der Waals surface area contributed by atoms with Gasteiger partial charge in [-0.1, -0.05) is 0 Å². The van der Waals surface area contributed by atoms with Crippen molar-refractivity contribution < 1.29 is 14.6 Å². The SMILES string of the molecule is Cc1c([N+](=O)[O-])cc(NC(=O)c2n[nH]c(Br)c2Br)cc1[N+](=O)[O-]. The number of nitrogens with one attached hydrogen (secondary N) is 2. The first-order valence-electron chi connectivity index (χ1n) is 5.86. The maximum atomic E-state index is 12.1. The number of nitrogens with zero attached hydrogens (tertiary/aromatic N) is 3. The highest BCUT2D eigenvalue weighted by atomic mass is 79.9. The number of nitro groups is 2. The lowest BCUT2D eigenvalue weighted by Gasteiger charge is -2.06. The van der Waals surface area contributed by atoms with E-state index in [1.807, 2.05) is 0 Å². The third-order valence-electron chi connectivity index (χ3n) is 2.89. The molecular weight excluding hydrogens is 442 g/mol. The second-order valence-corrected chi connectivity index (χ2v) is 5.89. The summed E-state index contributed by atoms with van der Waals surface area (Å²) in [6.45, 7) is 1.27. The normalized spacial score (nSPS) is 10.4. The van der Waals surface area contributed by atoms with Crippen molar-refractivity contribution in [3.8, 4) is 0 Å². The fraction of sp³-hybridized carbons (Fsp3) is 0.0909. The Balaban J connectivity index is 2.44. The molecule has 120 valence electrons. The minimum Gasteiger partial charge on any atom is -0.320 e. The van der Waals surface area contributed by atoms with E-state index in [1.165, 1.54) is 6.92 Å². The van der Waals surface area contributed by atoms with Crippen LogP contribution in [0.3, 0.4) is 0 Å². The fourth-order valence-corrected chi connectivity index (χ4v) is 2.42. The van der Waals surface area contributed by atoms with E-state index in [4.69, 9.17) is 0 Å². The van der Waals surface area contributed by atoms with Crippen LogP contribution in [0.25, 0.3) is 0 Å². The summed E-state index contributed by atoms with van der Waals surface area (Å²) in [6, 6.07) is 2.10. The number of amides is 1. The number of benzene rings is 1. The minimum absolute atomic E-state index is 0.0113. The van der Waals surface area contributed by atoms with E-state index in [-0.39, 0.29) is 16.9 Å². The van der Waals surface area contributed by atoms with Gasteiger partial charge in [0, 0.05) is 12.1 Å². The van der Waals surface area contributed by atoms with Crippen LogP contribution in [0.5, 0.6) is 0 Å². The van der Waals surface area contributed by atoms with Crippen molar-refractivity contribution in [1.29, 1.82) is 0 Å². The van der Waals surface area contributed by atoms with Crippen LogP contribution >= 0.6 is 31.9 Å². The van der Waals surface area contributed by atoms with E-state index >= 15 is 0 Å². The van der Waals surface area contributed by atoms with Gasteiger partial charge < -0.3 is 5.32 Å². The molecule has 0 aliphatic carbocycles. The summed E-state index contributed by atoms with van der Waals surface area (Å²) >= 11 is 6.25. The number of anilines is 1. The number of hydrogen-bond acceptors (Lipinski definition) is 6. The zero-order valence-electron chi connectivity index (χ0n) is 11.3. The smallest absolute Gasteiger partial charge is 0.281 e. The first-order valence-corrected chi connectivity index (χ1v) is 7.45. The van der Waals surface area contributed by atoms with E-state index in [9.17, 15) is 25.0 Å². The Bertz CT molecular complexity index is 799. The van der Waals surface area contributed by atoms with Crippen LogP contribution < -0.4 is 5.32 Å². The number of aromatic nitrogens is 2. The van der Waals surface area contributed by atoms with Crippen LogP contribution in [0.1, 0.15) is 16.1 Å². The summed E-state index contributed by atoms with van der Waals surface area (Å²) in [5, 5.41) is 30.6. The topological polar surface area (TPSA) is 144 Å². The molecule has 0 unspecified atom stereocenters. The Labute approximate surface area is 144 Å². The molecule has 0 saturated carbocycles. The largest absolute Gasteiger partial charge is 0.320 e. The molecule has 2 N–H and O–H groups in total. The Hall–Kier alpha value is -2.34. The first kappa shape index (κ1) is 17.0. The molecule has 1 heterocycles. The first-order chi connectivity index (χ1) is 10.7. The molecule has 12 heteroatoms. The average molecular weight is 449 g/mol. The number of H-pyrrole nitrogens is 1. The number of nitro benzene ring substituents is 2. The van der Waals surface area contributed by atoms with Gasteiger partial charge in [-0.3, -0.25) is 30.1 Å². The zero-order valence-corrected chi connectivity index (χ0v) is 14.5. The molecule has 1 aromatic carbocycles. The predicted octanol–water partition coefficient (Wildman–Crippen LogP) is 3.31. The van der Waals surface area contributed by atoms with Gasteiger partial charge in [0.05, 0.1) is 20.0 Å². The molecule has 0 spiro atoms. The summed E-state index contributed by atoms with van der Waals surface area (Å²) in [5.41, 5.74) is -1.11. The standard InChI is InChI=1S/C11H7Br2N5O5/c1-4-6(17(20)21)2-5(3-7(4)18(22)23)14-11(19)9-8(12)10(13)16-15-9/h2-3H,1H3,(H,14,19)(H,15,16). The van der Waals surface area contributed by atoms with Crippen LogP contribution in [0.4, 0.5) is 17.1 Å². The van der Waals surface area contributed by atoms with Gasteiger partial charge in [0.1, 0.15) is 10.2 Å². The van der Waals surface area contributed by atoms with Crippen LogP contribution in [-0.4, -0.2) is 26.0 Å². The monoisotopic (exact) mass is 447 g/mol. The molecule has 0 bridgehead atoms. The third kappa shape index (κ3) is 3.37. The van der Waals surface area contributed by atoms with Crippen LogP contribution in [0.15, 0.2) is 21.2 Å². The van der Waals surface area contributed by atoms with E-state index < -0.39 is 27.1 Å². The van der Waals surface area contributed by atoms with E-state index in [0.29, 0.717) is 9.08 Å². The fourth-order valence-electron chi connectivity index (χ4n) is 1.78. The number of carbonyl (C=O) groups excluding carboxylic acids is 1. The molecule has 1 aromatic heterocycles. The molecule has 0 atom stereocenters. The van der Waals surface area contributed by atoms with Gasteiger partial charge in [0.25, 0.3) is 17.3 Å². The average Bonchev–Trinajstić information content (AvgIpc) is 2.80. The molecule has 23 heavy (non-hydrogen) atoms. The highest BCUT2D eigenvalue weighted by Gasteiger charge is 2.25. The van der Waals surface area contributed by atoms with Crippen molar-refractivity contribution in [3.63, 3.8) is 0 Å². The summed E-state index contributed by atoms with van der Waals surface area (Å²) in [6.07, 6.45) is 0. The second-order valence-electron chi connectivity index (χ2n) is 4.31. The molecule has 0 aliphatic rings. The molecule has 10 nitrogen and oxygen atoms in total. The third-order valence-corrected chi connectivity index (χ3v) is 4.76. The Morgan fingerprint density at radius 3 is 2.13 bits per heavy atom. The predicted molar refractivity (Wildman–Crippen MR) is 86.4 cm³/mol. The van der Waals surface area contributed by atoms with Crippen molar-refractivity contribution in [2.24, 2.45) is 0 Å². The zero-order chi connectivity index (χ0) is 17.3. The van der Waals surface area contributed by atoms with E-state index in [2.05, 4.69) is 47.4 Å². The minimum atomic E-state index is -0.751. The molecular formula is C11H7Br2N5O5. The van der Waals surface area contributed by atoms with Gasteiger partial charge in [-0.05, 0) is 38.8 Å². The highest BCUT2D eigenvalue weighted by Crippen LogP contribution is 2.32. The number of rotatable bonds is 4. The molecule has 1 amide bonds. The lowest BCUT2D eigenvalue weighted by molar-refractivity contribution is -0.395. The molecule has 2 rings (SSSR count). The van der Waals surface area contributed by atoms with Gasteiger partial charge in [0.2, 0.25) is 0 Å². The number of halogens is 2. The Kier molecular flexibility index (Phi) is 4.75. The highest BCUT2D eigenvalue weighted by molar-refractivity contribution is 9.13. The Morgan fingerprint density at radius 2 is 1.74 bits per heavy atom. The van der Waals surface area contributed by atoms with Crippen molar-refractivity contribution in [3.05, 3.63) is 52.7 Å². The van der Waals surface area contributed by atoms with Gasteiger partial charge in [-0.15, -0.1) is 0 Å². The van der Waals surface area contributed by atoms with Crippen LogP contribution in [0, 0.1) is 27.2 Å². The number of aromatic amines is 1. The van der Waals surface area contributed by atoms with E-state index in [1.54, 1.807) is 0 Å². The van der Waals surface area contributed by atoms with Crippen molar-refractivity contribution in [2.75, 3.05) is 5.32 Å². The Morgan fingerprint density at radius 1 is 1.22 bits per heavy atom.